The van der Waals surface area contributed by atoms with E-state index in [-0.39, 0.29) is 6.29 Å². The maximum absolute atomic E-state index is 11.5. The lowest BCUT2D eigenvalue weighted by Gasteiger charge is -1.92. The van der Waals surface area contributed by atoms with Gasteiger partial charge < -0.3 is 4.74 Å². The van der Waals surface area contributed by atoms with Crippen molar-refractivity contribution in [2.24, 2.45) is 0 Å². The lowest BCUT2D eigenvalue weighted by molar-refractivity contribution is -0.111. The van der Waals surface area contributed by atoms with Crippen molar-refractivity contribution in [3.63, 3.8) is 0 Å². The van der Waals surface area contributed by atoms with Gasteiger partial charge in [-0.2, -0.15) is 13.2 Å². The minimum Gasteiger partial charge on any atom is -0.459 e. The van der Waals surface area contributed by atoms with Crippen molar-refractivity contribution in [1.82, 2.24) is 0 Å². The van der Waals surface area contributed by atoms with Crippen LogP contribution >= 0.6 is 0 Å². The summed E-state index contributed by atoms with van der Waals surface area (Å²) in [5.74, 6) is 0. The molecular weight excluding hydrogens is 137 g/mol. The second-order valence-electron chi connectivity index (χ2n) is 1.01. The van der Waals surface area contributed by atoms with Crippen molar-refractivity contribution < 1.29 is 22.7 Å². The Hall–Kier alpha value is -1.00. The monoisotopic (exact) mass is 140 g/mol. The number of hydrogen-bond acceptors (Lipinski definition) is 2. The third-order valence-corrected chi connectivity index (χ3v) is 0.427. The number of ether oxygens (including phenoxy) is 1. The summed E-state index contributed by atoms with van der Waals surface area (Å²) >= 11 is 0. The second kappa shape index (κ2) is 3.94. The highest BCUT2D eigenvalue weighted by Crippen LogP contribution is 2.08. The van der Waals surface area contributed by atoms with Gasteiger partial charge >= 0.3 is 12.1 Å². The van der Waals surface area contributed by atoms with Gasteiger partial charge in [-0.15, -0.1) is 0 Å². The molecule has 0 saturated carbocycles. The molecule has 0 aromatic heterocycles. The van der Waals surface area contributed by atoms with Crippen LogP contribution in [-0.2, 0) is 9.53 Å². The predicted octanol–water partition coefficient (Wildman–Crippen LogP) is 1.24. The molecule has 0 unspecified atom stereocenters. The van der Waals surface area contributed by atoms with Crippen molar-refractivity contribution >= 4 is 6.29 Å². The van der Waals surface area contributed by atoms with Gasteiger partial charge in [0.15, 0.2) is 6.29 Å². The van der Waals surface area contributed by atoms with Crippen LogP contribution in [0.4, 0.5) is 13.2 Å². The lowest BCUT2D eigenvalue weighted by atomic mass is 10.8. The summed E-state index contributed by atoms with van der Waals surface area (Å²) in [6.07, 6.45) is -2.39. The summed E-state index contributed by atoms with van der Waals surface area (Å²) in [4.78, 5) is 9.37. The number of halogens is 3. The third kappa shape index (κ3) is 3.57. The number of hydrogen-bond donors (Lipinski definition) is 0. The first-order valence-electron chi connectivity index (χ1n) is 1.95. The Labute approximate surface area is 48.9 Å². The highest BCUT2D eigenvalue weighted by molar-refractivity contribution is 5.50. The summed E-state index contributed by atoms with van der Waals surface area (Å²) in [7, 11) is 0. The Morgan fingerprint density at radius 3 is 2.33 bits per heavy atom. The molecule has 2 nitrogen and oxygen atoms in total. The molecular formula is C4H3F3O2. The molecule has 0 rings (SSSR count). The molecule has 0 aliphatic heterocycles. The first-order chi connectivity index (χ1) is 4.18. The molecule has 0 aliphatic carbocycles. The SMILES string of the molecule is O=CCOC(F)=C(F)F. The van der Waals surface area contributed by atoms with Crippen LogP contribution in [0, 0.1) is 0 Å². The molecule has 0 atom stereocenters. The first-order valence-corrected chi connectivity index (χ1v) is 1.95. The second-order valence-corrected chi connectivity index (χ2v) is 1.01. The molecule has 5 heteroatoms. The maximum atomic E-state index is 11.5. The van der Waals surface area contributed by atoms with Crippen LogP contribution in [0.15, 0.2) is 12.1 Å². The molecule has 0 amide bonds. The van der Waals surface area contributed by atoms with E-state index in [0.717, 1.165) is 0 Å². The zero-order valence-electron chi connectivity index (χ0n) is 4.23. The average molecular weight is 140 g/mol. The number of rotatable bonds is 3. The van der Waals surface area contributed by atoms with Crippen molar-refractivity contribution in [1.29, 1.82) is 0 Å². The van der Waals surface area contributed by atoms with Gasteiger partial charge in [0.25, 0.3) is 0 Å². The van der Waals surface area contributed by atoms with E-state index in [1.807, 2.05) is 0 Å². The van der Waals surface area contributed by atoms with Crippen LogP contribution in [0.25, 0.3) is 0 Å². The Morgan fingerprint density at radius 1 is 1.44 bits per heavy atom. The van der Waals surface area contributed by atoms with Gasteiger partial charge in [0.2, 0.25) is 0 Å². The number of carbonyl (C=O) groups excluding carboxylic acids is 1. The lowest BCUT2D eigenvalue weighted by Crippen LogP contribution is -1.91. The molecule has 0 aromatic carbocycles. The topological polar surface area (TPSA) is 26.3 Å². The average Bonchev–Trinajstić information content (AvgIpc) is 1.82. The predicted molar refractivity (Wildman–Crippen MR) is 22.4 cm³/mol. The van der Waals surface area contributed by atoms with E-state index in [4.69, 9.17) is 0 Å². The Balaban J connectivity index is 3.62. The molecule has 9 heavy (non-hydrogen) atoms. The summed E-state index contributed by atoms with van der Waals surface area (Å²) in [5, 5.41) is 0. The Kier molecular flexibility index (Phi) is 3.50. The first kappa shape index (κ1) is 8.00. The van der Waals surface area contributed by atoms with E-state index >= 15 is 0 Å². The highest BCUT2D eigenvalue weighted by Gasteiger charge is 2.03. The van der Waals surface area contributed by atoms with Gasteiger partial charge in [-0.05, 0) is 0 Å². The van der Waals surface area contributed by atoms with Crippen molar-refractivity contribution in [2.75, 3.05) is 6.61 Å². The largest absolute Gasteiger partial charge is 0.459 e. The van der Waals surface area contributed by atoms with E-state index in [1.54, 1.807) is 0 Å². The molecule has 0 radical (unpaired) electrons. The summed E-state index contributed by atoms with van der Waals surface area (Å²) in [5.41, 5.74) is 0. The summed E-state index contributed by atoms with van der Waals surface area (Å²) in [6, 6.07) is -2.00. The van der Waals surface area contributed by atoms with Gasteiger partial charge in [0.1, 0.15) is 6.61 Å². The minimum absolute atomic E-state index is 0.169. The van der Waals surface area contributed by atoms with Gasteiger partial charge in [-0.25, -0.2) is 0 Å². The standard InChI is InChI=1S/C4H3F3O2/c5-3(6)4(7)9-2-1-8/h1H,2H2. The Bertz CT molecular complexity index is 128. The fourth-order valence-electron chi connectivity index (χ4n) is 0.162. The van der Waals surface area contributed by atoms with E-state index in [2.05, 4.69) is 4.74 Å². The van der Waals surface area contributed by atoms with Crippen LogP contribution in [-0.4, -0.2) is 12.9 Å². The molecule has 0 aromatic rings. The molecule has 0 saturated heterocycles. The van der Waals surface area contributed by atoms with Crippen molar-refractivity contribution in [2.45, 2.75) is 0 Å². The van der Waals surface area contributed by atoms with E-state index in [0.29, 0.717) is 0 Å². The van der Waals surface area contributed by atoms with E-state index < -0.39 is 18.7 Å². The van der Waals surface area contributed by atoms with Gasteiger partial charge in [-0.1, -0.05) is 0 Å². The van der Waals surface area contributed by atoms with Crippen LogP contribution in [0.5, 0.6) is 0 Å². The zero-order chi connectivity index (χ0) is 7.28. The molecule has 0 N–H and O–H groups in total. The van der Waals surface area contributed by atoms with Crippen molar-refractivity contribution in [3.05, 3.63) is 12.1 Å². The molecule has 0 aliphatic rings. The number of aldehydes is 1. The van der Waals surface area contributed by atoms with Crippen LogP contribution < -0.4 is 0 Å². The van der Waals surface area contributed by atoms with Crippen LogP contribution in [0.3, 0.4) is 0 Å². The molecule has 0 bridgehead atoms. The minimum atomic E-state index is -2.56. The molecule has 52 valence electrons. The smallest absolute Gasteiger partial charge is 0.342 e. The quantitative estimate of drug-likeness (QED) is 0.435. The van der Waals surface area contributed by atoms with Crippen LogP contribution in [0.2, 0.25) is 0 Å². The summed E-state index contributed by atoms with van der Waals surface area (Å²) < 4.78 is 37.0. The normalized spacial score (nSPS) is 8.33. The number of carbonyl (C=O) groups is 1. The van der Waals surface area contributed by atoms with E-state index in [9.17, 15) is 18.0 Å². The Morgan fingerprint density at radius 2 is 2.00 bits per heavy atom. The molecule has 0 heterocycles. The van der Waals surface area contributed by atoms with Gasteiger partial charge in [0.05, 0.1) is 0 Å². The summed E-state index contributed by atoms with van der Waals surface area (Å²) in [6.45, 7) is -0.691. The van der Waals surface area contributed by atoms with Crippen molar-refractivity contribution in [3.8, 4) is 0 Å². The highest BCUT2D eigenvalue weighted by atomic mass is 19.3. The van der Waals surface area contributed by atoms with Gasteiger partial charge in [0, 0.05) is 0 Å². The maximum Gasteiger partial charge on any atom is 0.342 e. The van der Waals surface area contributed by atoms with E-state index in [1.165, 1.54) is 0 Å². The van der Waals surface area contributed by atoms with Crippen LogP contribution in [0.1, 0.15) is 0 Å². The third-order valence-electron chi connectivity index (χ3n) is 0.427. The zero-order valence-corrected chi connectivity index (χ0v) is 4.23. The fourth-order valence-corrected chi connectivity index (χ4v) is 0.162. The molecule has 0 spiro atoms. The van der Waals surface area contributed by atoms with Gasteiger partial charge in [-0.3, -0.25) is 4.79 Å². The fraction of sp³-hybridized carbons (Fsp3) is 0.250. The molecule has 0 fully saturated rings.